The summed E-state index contributed by atoms with van der Waals surface area (Å²) in [5.41, 5.74) is 0.867. The van der Waals surface area contributed by atoms with Gasteiger partial charge in [-0.2, -0.15) is 0 Å². The lowest BCUT2D eigenvalue weighted by molar-refractivity contribution is -0.150. The molecular formula is C17H22N4O4. The van der Waals surface area contributed by atoms with E-state index >= 15 is 0 Å². The number of nitrogens with two attached hydrogens (primary N) is 1. The third-order valence-electron chi connectivity index (χ3n) is 3.93. The largest absolute Gasteiger partial charge is 0.508 e. The molecule has 0 saturated carbocycles. The first kappa shape index (κ1) is 18.5. The predicted octanol–water partition coefficient (Wildman–Crippen LogP) is 1.16. The summed E-state index contributed by atoms with van der Waals surface area (Å²) in [5, 5.41) is 19.4. The normalized spacial score (nSPS) is 11.9. The Balaban J connectivity index is 1.84. The van der Waals surface area contributed by atoms with Crippen molar-refractivity contribution in [1.29, 1.82) is 0 Å². The molecule has 1 amide bonds. The molecule has 1 aromatic heterocycles. The Hall–Kier alpha value is -2.87. The molecule has 0 aliphatic carbocycles. The van der Waals surface area contributed by atoms with Crippen molar-refractivity contribution >= 4 is 11.9 Å². The fourth-order valence-corrected chi connectivity index (χ4v) is 2.48. The molecule has 4 N–H and O–H groups in total. The monoisotopic (exact) mass is 346 g/mol. The highest BCUT2D eigenvalue weighted by Gasteiger charge is 2.26. The summed E-state index contributed by atoms with van der Waals surface area (Å²) in [6.07, 6.45) is 6.44. The van der Waals surface area contributed by atoms with Gasteiger partial charge in [-0.25, -0.2) is 15.6 Å². The van der Waals surface area contributed by atoms with E-state index in [2.05, 4.69) is 4.98 Å². The molecule has 0 saturated heterocycles. The summed E-state index contributed by atoms with van der Waals surface area (Å²) in [6.45, 7) is 0.610. The van der Waals surface area contributed by atoms with Crippen LogP contribution >= 0.6 is 0 Å². The zero-order valence-electron chi connectivity index (χ0n) is 13.8. The number of hydrogen-bond acceptors (Lipinski definition) is 5. The van der Waals surface area contributed by atoms with Crippen molar-refractivity contribution in [1.82, 2.24) is 14.6 Å². The number of aliphatic carboxylic acids is 1. The Morgan fingerprint density at radius 2 is 2.00 bits per heavy atom. The van der Waals surface area contributed by atoms with Crippen LogP contribution in [0, 0.1) is 0 Å². The van der Waals surface area contributed by atoms with Crippen LogP contribution in [0.3, 0.4) is 0 Å². The first-order valence-corrected chi connectivity index (χ1v) is 8.00. The van der Waals surface area contributed by atoms with E-state index in [1.807, 2.05) is 4.57 Å². The van der Waals surface area contributed by atoms with Gasteiger partial charge in [-0.05, 0) is 37.0 Å². The molecule has 8 nitrogen and oxygen atoms in total. The van der Waals surface area contributed by atoms with Gasteiger partial charge in [0.15, 0.2) is 0 Å². The number of hydrazine groups is 1. The average molecular weight is 346 g/mol. The fourth-order valence-electron chi connectivity index (χ4n) is 2.48. The van der Waals surface area contributed by atoms with Crippen molar-refractivity contribution in [3.63, 3.8) is 0 Å². The fraction of sp³-hybridized carbons (Fsp3) is 0.353. The summed E-state index contributed by atoms with van der Waals surface area (Å²) in [5.74, 6) is 4.36. The van der Waals surface area contributed by atoms with Crippen molar-refractivity contribution in [3.8, 4) is 5.75 Å². The highest BCUT2D eigenvalue weighted by molar-refractivity contribution is 5.83. The first-order chi connectivity index (χ1) is 12.0. The van der Waals surface area contributed by atoms with Crippen LogP contribution in [0.2, 0.25) is 0 Å². The summed E-state index contributed by atoms with van der Waals surface area (Å²) in [6, 6.07) is 5.44. The number of aromatic nitrogens is 2. The molecule has 1 atom stereocenters. The zero-order chi connectivity index (χ0) is 18.2. The van der Waals surface area contributed by atoms with Crippen LogP contribution in [0.5, 0.6) is 5.75 Å². The number of phenols is 1. The quantitative estimate of drug-likeness (QED) is 0.356. The molecule has 0 fully saturated rings. The number of imidazole rings is 1. The molecule has 0 radical (unpaired) electrons. The van der Waals surface area contributed by atoms with Crippen molar-refractivity contribution in [2.45, 2.75) is 38.3 Å². The molecule has 0 bridgehead atoms. The van der Waals surface area contributed by atoms with E-state index in [-0.39, 0.29) is 18.6 Å². The molecule has 1 aromatic carbocycles. The SMILES string of the molecule is NN(C(=O)CCc1ccc(O)cc1)C(CCCn1ccnc1)C(=O)O. The van der Waals surface area contributed by atoms with E-state index < -0.39 is 17.9 Å². The summed E-state index contributed by atoms with van der Waals surface area (Å²) < 4.78 is 1.84. The molecule has 0 aliphatic heterocycles. The number of nitrogens with zero attached hydrogens (tertiary/aromatic N) is 3. The number of benzene rings is 1. The molecule has 134 valence electrons. The second-order valence-electron chi connectivity index (χ2n) is 5.76. The van der Waals surface area contributed by atoms with Gasteiger partial charge in [0, 0.05) is 25.4 Å². The van der Waals surface area contributed by atoms with Gasteiger partial charge in [-0.3, -0.25) is 9.80 Å². The Morgan fingerprint density at radius 1 is 1.28 bits per heavy atom. The molecular weight excluding hydrogens is 324 g/mol. The maximum absolute atomic E-state index is 12.2. The highest BCUT2D eigenvalue weighted by atomic mass is 16.4. The lowest BCUT2D eigenvalue weighted by atomic mass is 10.1. The molecule has 8 heteroatoms. The molecule has 0 aliphatic rings. The van der Waals surface area contributed by atoms with Crippen molar-refractivity contribution < 1.29 is 19.8 Å². The van der Waals surface area contributed by atoms with Crippen molar-refractivity contribution in [3.05, 3.63) is 48.5 Å². The van der Waals surface area contributed by atoms with E-state index in [1.165, 1.54) is 12.1 Å². The number of rotatable bonds is 9. The maximum Gasteiger partial charge on any atom is 0.328 e. The minimum atomic E-state index is -1.12. The zero-order valence-corrected chi connectivity index (χ0v) is 13.8. The average Bonchev–Trinajstić information content (AvgIpc) is 3.10. The number of hydrogen-bond donors (Lipinski definition) is 3. The minimum Gasteiger partial charge on any atom is -0.508 e. The molecule has 2 aromatic rings. The second kappa shape index (κ2) is 8.84. The van der Waals surface area contributed by atoms with Crippen molar-refractivity contribution in [2.75, 3.05) is 0 Å². The van der Waals surface area contributed by atoms with E-state index in [0.717, 1.165) is 10.6 Å². The van der Waals surface area contributed by atoms with E-state index in [9.17, 15) is 19.8 Å². The third-order valence-corrected chi connectivity index (χ3v) is 3.93. The standard InChI is InChI=1S/C17H22N4O4/c18-21(16(23)8-5-13-3-6-14(22)7-4-13)15(17(24)25)2-1-10-20-11-9-19-12-20/h3-4,6-7,9,11-12,15,22H,1-2,5,8,10,18H2,(H,24,25). The number of carboxylic acids is 1. The van der Waals surface area contributed by atoms with Crippen LogP contribution in [-0.2, 0) is 22.6 Å². The van der Waals surface area contributed by atoms with E-state index in [0.29, 0.717) is 19.4 Å². The number of carbonyl (C=O) groups excluding carboxylic acids is 1. The highest BCUT2D eigenvalue weighted by Crippen LogP contribution is 2.13. The number of aromatic hydroxyl groups is 1. The maximum atomic E-state index is 12.2. The van der Waals surface area contributed by atoms with Crippen LogP contribution < -0.4 is 5.84 Å². The Bertz CT molecular complexity index is 685. The Morgan fingerprint density at radius 3 is 2.60 bits per heavy atom. The van der Waals surface area contributed by atoms with Gasteiger partial charge in [0.05, 0.1) is 6.33 Å². The van der Waals surface area contributed by atoms with Gasteiger partial charge < -0.3 is 14.8 Å². The smallest absolute Gasteiger partial charge is 0.328 e. The van der Waals surface area contributed by atoms with Crippen LogP contribution in [0.25, 0.3) is 0 Å². The van der Waals surface area contributed by atoms with Gasteiger partial charge >= 0.3 is 5.97 Å². The number of aryl methyl sites for hydroxylation is 2. The molecule has 1 unspecified atom stereocenters. The van der Waals surface area contributed by atoms with Crippen LogP contribution in [-0.4, -0.2) is 42.7 Å². The summed E-state index contributed by atoms with van der Waals surface area (Å²) >= 11 is 0. The topological polar surface area (TPSA) is 122 Å². The lowest BCUT2D eigenvalue weighted by Crippen LogP contribution is -2.49. The van der Waals surface area contributed by atoms with Gasteiger partial charge in [-0.1, -0.05) is 12.1 Å². The van der Waals surface area contributed by atoms with Gasteiger partial charge in [0.2, 0.25) is 5.91 Å². The summed E-state index contributed by atoms with van der Waals surface area (Å²) in [7, 11) is 0. The van der Waals surface area contributed by atoms with Gasteiger partial charge in [0.1, 0.15) is 11.8 Å². The number of carboxylic acid groups (broad SMARTS) is 1. The van der Waals surface area contributed by atoms with Crippen LogP contribution in [0.1, 0.15) is 24.8 Å². The predicted molar refractivity (Wildman–Crippen MR) is 90.3 cm³/mol. The minimum absolute atomic E-state index is 0.104. The van der Waals surface area contributed by atoms with Crippen molar-refractivity contribution in [2.24, 2.45) is 5.84 Å². The van der Waals surface area contributed by atoms with Crippen LogP contribution in [0.15, 0.2) is 43.0 Å². The molecule has 1 heterocycles. The third kappa shape index (κ3) is 5.61. The Labute approximate surface area is 145 Å². The van der Waals surface area contributed by atoms with Crippen LogP contribution in [0.4, 0.5) is 0 Å². The summed E-state index contributed by atoms with van der Waals surface area (Å²) in [4.78, 5) is 27.5. The number of phenolic OH excluding ortho intramolecular Hbond substituents is 1. The Kier molecular flexibility index (Phi) is 6.53. The van der Waals surface area contributed by atoms with E-state index in [1.54, 1.807) is 30.9 Å². The number of amides is 1. The van der Waals surface area contributed by atoms with Gasteiger partial charge in [-0.15, -0.1) is 0 Å². The molecule has 2 rings (SSSR count). The molecule has 0 spiro atoms. The lowest BCUT2D eigenvalue weighted by Gasteiger charge is -2.24. The molecule has 25 heavy (non-hydrogen) atoms. The first-order valence-electron chi connectivity index (χ1n) is 8.00. The number of carbonyl (C=O) groups is 2. The van der Waals surface area contributed by atoms with E-state index in [4.69, 9.17) is 5.84 Å². The second-order valence-corrected chi connectivity index (χ2v) is 5.76. The van der Waals surface area contributed by atoms with Gasteiger partial charge in [0.25, 0.3) is 0 Å².